The predicted molar refractivity (Wildman–Crippen MR) is 68.2 cm³/mol. The molecule has 1 heterocycles. The van der Waals surface area contributed by atoms with Gasteiger partial charge in [0.15, 0.2) is 6.29 Å². The molecule has 1 saturated heterocycles. The molecule has 21 heavy (non-hydrogen) atoms. The summed E-state index contributed by atoms with van der Waals surface area (Å²) in [5.74, 6) is 0. The van der Waals surface area contributed by atoms with Crippen molar-refractivity contribution in [1.29, 1.82) is 0 Å². The minimum atomic E-state index is -1.53. The van der Waals surface area contributed by atoms with Crippen LogP contribution in [0.4, 0.5) is 0 Å². The smallest absolute Gasteiger partial charge is 0.187 e. The van der Waals surface area contributed by atoms with Crippen molar-refractivity contribution in [3.8, 4) is 0 Å². The standard InChI is InChI=1S/C12H24O9/c1-5-8(16)9(17)10(18)12(20-5)21-7(4-14)11(19-2)6(15)3-13/h5-18H,3-4H2,1-2H3/t5?,6?,7-,8-,9?,10+,11-,12+/m1/s1. The molecular weight excluding hydrogens is 288 g/mol. The van der Waals surface area contributed by atoms with E-state index in [1.54, 1.807) is 0 Å². The molecule has 0 aromatic carbocycles. The molecule has 1 aliphatic rings. The summed E-state index contributed by atoms with van der Waals surface area (Å²) in [6.07, 6.45) is -9.86. The van der Waals surface area contributed by atoms with Crippen molar-refractivity contribution in [3.05, 3.63) is 0 Å². The van der Waals surface area contributed by atoms with Crippen LogP contribution in [0.2, 0.25) is 0 Å². The third-order valence-electron chi connectivity index (χ3n) is 3.50. The molecule has 6 N–H and O–H groups in total. The third-order valence-corrected chi connectivity index (χ3v) is 3.50. The lowest BCUT2D eigenvalue weighted by molar-refractivity contribution is -0.316. The fourth-order valence-corrected chi connectivity index (χ4v) is 2.18. The maximum Gasteiger partial charge on any atom is 0.187 e. The van der Waals surface area contributed by atoms with Gasteiger partial charge in [0.25, 0.3) is 0 Å². The minimum absolute atomic E-state index is 0.574. The molecule has 9 heteroatoms. The highest BCUT2D eigenvalue weighted by atomic mass is 16.7. The molecule has 9 nitrogen and oxygen atoms in total. The summed E-state index contributed by atoms with van der Waals surface area (Å²) < 4.78 is 15.5. The number of rotatable bonds is 7. The van der Waals surface area contributed by atoms with Crippen LogP contribution < -0.4 is 0 Å². The normalized spacial score (nSPS) is 38.0. The molecule has 0 saturated carbocycles. The van der Waals surface area contributed by atoms with Gasteiger partial charge in [-0.25, -0.2) is 0 Å². The summed E-state index contributed by atoms with van der Waals surface area (Å²) in [7, 11) is 1.26. The Morgan fingerprint density at radius 3 is 2.14 bits per heavy atom. The summed E-state index contributed by atoms with van der Waals surface area (Å²) in [5, 5.41) is 56.9. The lowest BCUT2D eigenvalue weighted by atomic mass is 10.00. The number of hydrogen-bond acceptors (Lipinski definition) is 9. The zero-order valence-corrected chi connectivity index (χ0v) is 11.9. The second kappa shape index (κ2) is 8.32. The van der Waals surface area contributed by atoms with Gasteiger partial charge >= 0.3 is 0 Å². The van der Waals surface area contributed by atoms with E-state index in [9.17, 15) is 25.5 Å². The molecule has 0 radical (unpaired) electrons. The quantitative estimate of drug-likeness (QED) is 0.282. The SMILES string of the molecule is CO[C@H](C(O)CO)[C@@H](CO)O[C@@H]1OC(C)[C@@H](O)C(O)[C@@H]1O. The largest absolute Gasteiger partial charge is 0.394 e. The molecule has 126 valence electrons. The van der Waals surface area contributed by atoms with Crippen LogP contribution >= 0.6 is 0 Å². The van der Waals surface area contributed by atoms with Gasteiger partial charge in [-0.15, -0.1) is 0 Å². The van der Waals surface area contributed by atoms with Gasteiger partial charge in [0.05, 0.1) is 19.3 Å². The molecule has 0 aliphatic carbocycles. The van der Waals surface area contributed by atoms with E-state index in [4.69, 9.17) is 19.3 Å². The molecule has 8 atom stereocenters. The Labute approximate surface area is 122 Å². The van der Waals surface area contributed by atoms with Crippen molar-refractivity contribution in [1.82, 2.24) is 0 Å². The number of aliphatic hydroxyl groups excluding tert-OH is 6. The fourth-order valence-electron chi connectivity index (χ4n) is 2.18. The van der Waals surface area contributed by atoms with E-state index < -0.39 is 62.2 Å². The highest BCUT2D eigenvalue weighted by molar-refractivity contribution is 4.88. The van der Waals surface area contributed by atoms with Crippen molar-refractivity contribution in [2.45, 2.75) is 55.9 Å². The van der Waals surface area contributed by atoms with Crippen LogP contribution in [0.1, 0.15) is 6.92 Å². The van der Waals surface area contributed by atoms with Crippen LogP contribution in [0.25, 0.3) is 0 Å². The molecule has 0 aromatic heterocycles. The van der Waals surface area contributed by atoms with Gasteiger partial charge in [-0.3, -0.25) is 0 Å². The van der Waals surface area contributed by atoms with E-state index in [1.165, 1.54) is 14.0 Å². The third kappa shape index (κ3) is 4.31. The van der Waals surface area contributed by atoms with Gasteiger partial charge in [0.1, 0.15) is 36.6 Å². The van der Waals surface area contributed by atoms with E-state index in [0.717, 1.165) is 0 Å². The lowest BCUT2D eigenvalue weighted by Gasteiger charge is -2.41. The molecule has 0 bridgehead atoms. The Kier molecular flexibility index (Phi) is 7.40. The van der Waals surface area contributed by atoms with Crippen LogP contribution in [-0.4, -0.2) is 100.0 Å². The minimum Gasteiger partial charge on any atom is -0.394 e. The monoisotopic (exact) mass is 312 g/mol. The van der Waals surface area contributed by atoms with E-state index in [1.807, 2.05) is 0 Å². The van der Waals surface area contributed by atoms with E-state index in [-0.39, 0.29) is 0 Å². The molecule has 1 aliphatic heterocycles. The van der Waals surface area contributed by atoms with Crippen molar-refractivity contribution in [2.75, 3.05) is 20.3 Å². The van der Waals surface area contributed by atoms with Crippen LogP contribution in [-0.2, 0) is 14.2 Å². The number of hydrogen-bond donors (Lipinski definition) is 6. The second-order valence-electron chi connectivity index (χ2n) is 4.99. The van der Waals surface area contributed by atoms with Crippen molar-refractivity contribution >= 4 is 0 Å². The fraction of sp³-hybridized carbons (Fsp3) is 1.00. The molecule has 3 unspecified atom stereocenters. The molecule has 0 aromatic rings. The zero-order valence-electron chi connectivity index (χ0n) is 11.9. The molecular formula is C12H24O9. The Bertz CT molecular complexity index is 302. The van der Waals surface area contributed by atoms with Gasteiger partial charge in [-0.1, -0.05) is 0 Å². The summed E-state index contributed by atoms with van der Waals surface area (Å²) in [6, 6.07) is 0. The Morgan fingerprint density at radius 1 is 1.05 bits per heavy atom. The number of ether oxygens (including phenoxy) is 3. The average molecular weight is 312 g/mol. The summed E-state index contributed by atoms with van der Waals surface area (Å²) in [6.45, 7) is 0.305. The predicted octanol–water partition coefficient (Wildman–Crippen LogP) is -3.44. The first-order valence-corrected chi connectivity index (χ1v) is 6.65. The lowest BCUT2D eigenvalue weighted by Crippen LogP contribution is -2.59. The maximum atomic E-state index is 9.83. The topological polar surface area (TPSA) is 149 Å². The van der Waals surface area contributed by atoms with Gasteiger partial charge in [-0.2, -0.15) is 0 Å². The molecule has 0 spiro atoms. The van der Waals surface area contributed by atoms with Gasteiger partial charge in [0, 0.05) is 7.11 Å². The second-order valence-corrected chi connectivity index (χ2v) is 4.99. The van der Waals surface area contributed by atoms with Crippen molar-refractivity contribution in [2.24, 2.45) is 0 Å². The van der Waals surface area contributed by atoms with E-state index >= 15 is 0 Å². The molecule has 1 fully saturated rings. The van der Waals surface area contributed by atoms with Gasteiger partial charge < -0.3 is 44.8 Å². The Balaban J connectivity index is 2.75. The first-order valence-electron chi connectivity index (χ1n) is 6.65. The van der Waals surface area contributed by atoms with Gasteiger partial charge in [0.2, 0.25) is 0 Å². The highest BCUT2D eigenvalue weighted by Crippen LogP contribution is 2.24. The Hall–Kier alpha value is -0.360. The Morgan fingerprint density at radius 2 is 1.67 bits per heavy atom. The van der Waals surface area contributed by atoms with E-state index in [0.29, 0.717) is 0 Å². The van der Waals surface area contributed by atoms with Crippen LogP contribution in [0.3, 0.4) is 0 Å². The van der Waals surface area contributed by atoms with Crippen LogP contribution in [0, 0.1) is 0 Å². The zero-order chi connectivity index (χ0) is 16.2. The first-order chi connectivity index (χ1) is 9.87. The van der Waals surface area contributed by atoms with Crippen molar-refractivity contribution in [3.63, 3.8) is 0 Å². The number of aliphatic hydroxyl groups is 6. The summed E-state index contributed by atoms with van der Waals surface area (Å²) in [4.78, 5) is 0. The summed E-state index contributed by atoms with van der Waals surface area (Å²) in [5.41, 5.74) is 0. The average Bonchev–Trinajstić information content (AvgIpc) is 2.49. The summed E-state index contributed by atoms with van der Waals surface area (Å²) >= 11 is 0. The maximum absolute atomic E-state index is 9.83. The van der Waals surface area contributed by atoms with Crippen molar-refractivity contribution < 1.29 is 44.8 Å². The number of methoxy groups -OCH3 is 1. The highest BCUT2D eigenvalue weighted by Gasteiger charge is 2.44. The van der Waals surface area contributed by atoms with Crippen LogP contribution in [0.15, 0.2) is 0 Å². The van der Waals surface area contributed by atoms with Crippen LogP contribution in [0.5, 0.6) is 0 Å². The van der Waals surface area contributed by atoms with Gasteiger partial charge in [-0.05, 0) is 6.92 Å². The molecule has 1 rings (SSSR count). The molecule has 0 amide bonds. The van der Waals surface area contributed by atoms with E-state index in [2.05, 4.69) is 0 Å². The first kappa shape index (κ1) is 18.7.